The number of carbonyl (C=O) groups excluding carboxylic acids is 3. The number of fused-ring (bicyclic) bond motifs is 1. The van der Waals surface area contributed by atoms with E-state index in [1.165, 1.54) is 20.3 Å². The predicted octanol–water partition coefficient (Wildman–Crippen LogP) is 0.902. The van der Waals surface area contributed by atoms with Crippen molar-refractivity contribution < 1.29 is 19.1 Å². The minimum atomic E-state index is -0.528. The Morgan fingerprint density at radius 2 is 2.00 bits per heavy atom. The Hall–Kier alpha value is -2.63. The number of methoxy groups -OCH3 is 1. The standard InChI is InChI=1S/C13H12N2O4/c1-7(16)14-8-3-4-9-10(5-8)11(6-19-2)13(18)15-12(9)17/h3-6H,1-2H3,(H,14,16)(H,15,17,18)/b11-6+. The lowest BCUT2D eigenvalue weighted by atomic mass is 9.95. The van der Waals surface area contributed by atoms with E-state index < -0.39 is 11.8 Å². The first-order valence-electron chi connectivity index (χ1n) is 5.53. The molecule has 0 radical (unpaired) electrons. The summed E-state index contributed by atoms with van der Waals surface area (Å²) in [6.07, 6.45) is 1.26. The second-order valence-corrected chi connectivity index (χ2v) is 3.99. The molecule has 3 amide bonds. The molecule has 0 bridgehead atoms. The van der Waals surface area contributed by atoms with Gasteiger partial charge in [0.1, 0.15) is 0 Å². The van der Waals surface area contributed by atoms with Crippen LogP contribution in [-0.4, -0.2) is 24.8 Å². The van der Waals surface area contributed by atoms with Crippen molar-refractivity contribution in [3.63, 3.8) is 0 Å². The molecule has 1 heterocycles. The first-order chi connectivity index (χ1) is 9.02. The quantitative estimate of drug-likeness (QED) is 0.470. The fraction of sp³-hybridized carbons (Fsp3) is 0.154. The molecule has 1 aliphatic rings. The molecule has 19 heavy (non-hydrogen) atoms. The highest BCUT2D eigenvalue weighted by Gasteiger charge is 2.27. The van der Waals surface area contributed by atoms with Gasteiger partial charge in [0, 0.05) is 23.7 Å². The highest BCUT2D eigenvalue weighted by Crippen LogP contribution is 2.27. The lowest BCUT2D eigenvalue weighted by Gasteiger charge is -2.18. The summed E-state index contributed by atoms with van der Waals surface area (Å²) < 4.78 is 4.84. The molecule has 0 unspecified atom stereocenters. The second kappa shape index (κ2) is 4.93. The second-order valence-electron chi connectivity index (χ2n) is 3.99. The summed E-state index contributed by atoms with van der Waals surface area (Å²) in [7, 11) is 1.41. The molecular formula is C13H12N2O4. The van der Waals surface area contributed by atoms with Gasteiger partial charge in [0.15, 0.2) is 0 Å². The van der Waals surface area contributed by atoms with Gasteiger partial charge in [-0.2, -0.15) is 0 Å². The van der Waals surface area contributed by atoms with E-state index in [0.29, 0.717) is 16.8 Å². The Labute approximate surface area is 109 Å². The zero-order valence-electron chi connectivity index (χ0n) is 10.4. The van der Waals surface area contributed by atoms with Crippen LogP contribution in [0.1, 0.15) is 22.8 Å². The monoisotopic (exact) mass is 260 g/mol. The van der Waals surface area contributed by atoms with Crippen LogP contribution < -0.4 is 10.6 Å². The van der Waals surface area contributed by atoms with Crippen LogP contribution in [-0.2, 0) is 14.3 Å². The number of nitrogens with one attached hydrogen (secondary N) is 2. The third-order valence-corrected chi connectivity index (χ3v) is 2.58. The van der Waals surface area contributed by atoms with Crippen LogP contribution in [0.2, 0.25) is 0 Å². The lowest BCUT2D eigenvalue weighted by molar-refractivity contribution is -0.115. The average molecular weight is 260 g/mol. The molecule has 0 aromatic heterocycles. The summed E-state index contributed by atoms with van der Waals surface area (Å²) in [4.78, 5) is 34.4. The summed E-state index contributed by atoms with van der Waals surface area (Å²) in [5, 5.41) is 4.81. The van der Waals surface area contributed by atoms with Crippen molar-refractivity contribution in [2.24, 2.45) is 0 Å². The lowest BCUT2D eigenvalue weighted by Crippen LogP contribution is -2.36. The number of amides is 3. The Morgan fingerprint density at radius 3 is 2.63 bits per heavy atom. The van der Waals surface area contributed by atoms with Crippen molar-refractivity contribution in [2.45, 2.75) is 6.92 Å². The van der Waals surface area contributed by atoms with E-state index in [9.17, 15) is 14.4 Å². The molecule has 0 spiro atoms. The van der Waals surface area contributed by atoms with Crippen molar-refractivity contribution in [1.82, 2.24) is 5.32 Å². The van der Waals surface area contributed by atoms with Gasteiger partial charge >= 0.3 is 0 Å². The van der Waals surface area contributed by atoms with Gasteiger partial charge < -0.3 is 10.1 Å². The van der Waals surface area contributed by atoms with Gasteiger partial charge in [-0.05, 0) is 18.2 Å². The number of rotatable bonds is 2. The minimum absolute atomic E-state index is 0.233. The van der Waals surface area contributed by atoms with Gasteiger partial charge in [-0.3, -0.25) is 19.7 Å². The molecule has 6 nitrogen and oxygen atoms in total. The van der Waals surface area contributed by atoms with Crippen molar-refractivity contribution in [1.29, 1.82) is 0 Å². The topological polar surface area (TPSA) is 84.5 Å². The summed E-state index contributed by atoms with van der Waals surface area (Å²) in [6.45, 7) is 1.38. The SMILES string of the molecule is CO/C=C1/C(=O)NC(=O)c2ccc(NC(C)=O)cc21. The predicted molar refractivity (Wildman–Crippen MR) is 68.2 cm³/mol. The van der Waals surface area contributed by atoms with Crippen LogP contribution >= 0.6 is 0 Å². The van der Waals surface area contributed by atoms with Crippen LogP contribution in [0.15, 0.2) is 24.5 Å². The van der Waals surface area contributed by atoms with Crippen LogP contribution in [0, 0.1) is 0 Å². The maximum Gasteiger partial charge on any atom is 0.261 e. The van der Waals surface area contributed by atoms with Gasteiger partial charge in [-0.1, -0.05) is 0 Å². The van der Waals surface area contributed by atoms with E-state index in [0.717, 1.165) is 0 Å². The van der Waals surface area contributed by atoms with Gasteiger partial charge in [0.25, 0.3) is 11.8 Å². The molecule has 1 aromatic carbocycles. The highest BCUT2D eigenvalue weighted by atomic mass is 16.5. The Bertz CT molecular complexity index is 605. The number of hydrogen-bond donors (Lipinski definition) is 2. The van der Waals surface area contributed by atoms with Crippen LogP contribution in [0.25, 0.3) is 5.57 Å². The summed E-state index contributed by atoms with van der Waals surface area (Å²) in [5.41, 5.74) is 1.54. The van der Waals surface area contributed by atoms with E-state index in [-0.39, 0.29) is 11.5 Å². The van der Waals surface area contributed by atoms with Crippen molar-refractivity contribution >= 4 is 29.0 Å². The van der Waals surface area contributed by atoms with E-state index in [1.54, 1.807) is 18.2 Å². The highest BCUT2D eigenvalue weighted by molar-refractivity contribution is 6.31. The molecule has 0 atom stereocenters. The molecule has 98 valence electrons. The van der Waals surface area contributed by atoms with Crippen molar-refractivity contribution in [3.05, 3.63) is 35.6 Å². The smallest absolute Gasteiger partial charge is 0.261 e. The number of benzene rings is 1. The molecule has 2 N–H and O–H groups in total. The normalized spacial score (nSPS) is 15.8. The van der Waals surface area contributed by atoms with Crippen LogP contribution in [0.3, 0.4) is 0 Å². The number of ether oxygens (including phenoxy) is 1. The Balaban J connectivity index is 2.54. The maximum absolute atomic E-state index is 11.7. The summed E-state index contributed by atoms with van der Waals surface area (Å²) in [6, 6.07) is 4.71. The third-order valence-electron chi connectivity index (χ3n) is 2.58. The largest absolute Gasteiger partial charge is 0.504 e. The first kappa shape index (κ1) is 12.8. The molecule has 0 saturated heterocycles. The fourth-order valence-electron chi connectivity index (χ4n) is 1.84. The minimum Gasteiger partial charge on any atom is -0.504 e. The zero-order valence-corrected chi connectivity index (χ0v) is 10.4. The van der Waals surface area contributed by atoms with Gasteiger partial charge in [0.05, 0.1) is 18.9 Å². The van der Waals surface area contributed by atoms with E-state index in [1.807, 2.05) is 0 Å². The van der Waals surface area contributed by atoms with Crippen LogP contribution in [0.5, 0.6) is 0 Å². The summed E-state index contributed by atoms with van der Waals surface area (Å²) >= 11 is 0. The fourth-order valence-corrected chi connectivity index (χ4v) is 1.84. The van der Waals surface area contributed by atoms with Gasteiger partial charge in [-0.15, -0.1) is 0 Å². The summed E-state index contributed by atoms with van der Waals surface area (Å²) in [5.74, 6) is -1.23. The first-order valence-corrected chi connectivity index (χ1v) is 5.53. The van der Waals surface area contributed by atoms with E-state index >= 15 is 0 Å². The Morgan fingerprint density at radius 1 is 1.26 bits per heavy atom. The molecule has 0 saturated carbocycles. The average Bonchev–Trinajstić information content (AvgIpc) is 2.33. The van der Waals surface area contributed by atoms with Crippen LogP contribution in [0.4, 0.5) is 5.69 Å². The molecule has 2 rings (SSSR count). The zero-order chi connectivity index (χ0) is 14.0. The third kappa shape index (κ3) is 2.47. The van der Waals surface area contributed by atoms with Crippen molar-refractivity contribution in [2.75, 3.05) is 12.4 Å². The number of carbonyl (C=O) groups is 3. The van der Waals surface area contributed by atoms with E-state index in [2.05, 4.69) is 10.6 Å². The maximum atomic E-state index is 11.7. The molecule has 6 heteroatoms. The van der Waals surface area contributed by atoms with Gasteiger partial charge in [0.2, 0.25) is 5.91 Å². The molecule has 1 aromatic rings. The van der Waals surface area contributed by atoms with Crippen molar-refractivity contribution in [3.8, 4) is 0 Å². The molecule has 0 aliphatic carbocycles. The number of imide groups is 1. The molecule has 0 fully saturated rings. The number of anilines is 1. The van der Waals surface area contributed by atoms with E-state index in [4.69, 9.17) is 4.74 Å². The van der Waals surface area contributed by atoms with Gasteiger partial charge in [-0.25, -0.2) is 0 Å². The Kier molecular flexibility index (Phi) is 3.33. The number of hydrogen-bond acceptors (Lipinski definition) is 4. The molecular weight excluding hydrogens is 248 g/mol. The molecule has 1 aliphatic heterocycles.